The molecule has 3 aromatic heterocycles. The summed E-state index contributed by atoms with van der Waals surface area (Å²) in [5, 5.41) is 9.26. The topological polar surface area (TPSA) is 64.7 Å². The summed E-state index contributed by atoms with van der Waals surface area (Å²) in [6.07, 6.45) is 5.46. The SMILES string of the molecule is Cc1nn(-c2cccc(Cl)c2)c2sc(C(=O)NCc3cn4c(n3)CCCC4)cc12. The molecule has 0 aliphatic carbocycles. The first-order valence-electron chi connectivity index (χ1n) is 9.67. The van der Waals surface area contributed by atoms with Gasteiger partial charge in [0.2, 0.25) is 0 Å². The van der Waals surface area contributed by atoms with Gasteiger partial charge in [0.05, 0.1) is 28.5 Å². The molecule has 0 unspecified atom stereocenters. The van der Waals surface area contributed by atoms with E-state index in [9.17, 15) is 4.79 Å². The summed E-state index contributed by atoms with van der Waals surface area (Å²) < 4.78 is 4.05. The Bertz CT molecular complexity index is 1200. The highest BCUT2D eigenvalue weighted by atomic mass is 35.5. The van der Waals surface area contributed by atoms with Crippen molar-refractivity contribution in [1.29, 1.82) is 0 Å². The van der Waals surface area contributed by atoms with Crippen molar-refractivity contribution in [2.45, 2.75) is 39.3 Å². The van der Waals surface area contributed by atoms with Gasteiger partial charge in [0.25, 0.3) is 5.91 Å². The molecule has 0 fully saturated rings. The lowest BCUT2D eigenvalue weighted by atomic mass is 10.2. The van der Waals surface area contributed by atoms with E-state index < -0.39 is 0 Å². The molecule has 8 heteroatoms. The number of hydrogen-bond donors (Lipinski definition) is 1. The molecular weight excluding hydrogens is 406 g/mol. The molecule has 4 heterocycles. The highest BCUT2D eigenvalue weighted by Gasteiger charge is 2.18. The van der Waals surface area contributed by atoms with Gasteiger partial charge >= 0.3 is 0 Å². The molecule has 0 saturated heterocycles. The molecule has 1 N–H and O–H groups in total. The summed E-state index contributed by atoms with van der Waals surface area (Å²) in [5.41, 5.74) is 2.68. The van der Waals surface area contributed by atoms with E-state index >= 15 is 0 Å². The Balaban J connectivity index is 1.38. The maximum absolute atomic E-state index is 12.8. The first-order chi connectivity index (χ1) is 14.1. The number of aryl methyl sites for hydroxylation is 3. The summed E-state index contributed by atoms with van der Waals surface area (Å²) in [5.74, 6) is 1.04. The third kappa shape index (κ3) is 3.45. The molecule has 29 heavy (non-hydrogen) atoms. The van der Waals surface area contributed by atoms with Gasteiger partial charge < -0.3 is 9.88 Å². The van der Waals surface area contributed by atoms with Crippen LogP contribution >= 0.6 is 22.9 Å². The second-order valence-electron chi connectivity index (χ2n) is 7.29. The second kappa shape index (κ2) is 7.31. The highest BCUT2D eigenvalue weighted by molar-refractivity contribution is 7.20. The molecule has 0 radical (unpaired) electrons. The Morgan fingerprint density at radius 3 is 3.03 bits per heavy atom. The predicted molar refractivity (Wildman–Crippen MR) is 115 cm³/mol. The van der Waals surface area contributed by atoms with Crippen LogP contribution < -0.4 is 5.32 Å². The molecule has 0 spiro atoms. The Hall–Kier alpha value is -2.64. The van der Waals surface area contributed by atoms with Crippen molar-refractivity contribution in [2.24, 2.45) is 0 Å². The zero-order valence-electron chi connectivity index (χ0n) is 16.0. The lowest BCUT2D eigenvalue weighted by Gasteiger charge is -2.11. The molecule has 4 aromatic rings. The molecule has 5 rings (SSSR count). The van der Waals surface area contributed by atoms with E-state index in [1.807, 2.05) is 41.9 Å². The van der Waals surface area contributed by atoms with E-state index in [1.165, 1.54) is 24.2 Å². The normalized spacial score (nSPS) is 13.6. The monoisotopic (exact) mass is 425 g/mol. The molecule has 6 nitrogen and oxygen atoms in total. The summed E-state index contributed by atoms with van der Waals surface area (Å²) in [7, 11) is 0. The van der Waals surface area contributed by atoms with Crippen LogP contribution in [-0.2, 0) is 19.5 Å². The highest BCUT2D eigenvalue weighted by Crippen LogP contribution is 2.31. The average Bonchev–Trinajstić information content (AvgIpc) is 3.40. The van der Waals surface area contributed by atoms with Crippen LogP contribution in [0.4, 0.5) is 0 Å². The number of fused-ring (bicyclic) bond motifs is 2. The van der Waals surface area contributed by atoms with Gasteiger partial charge in [-0.25, -0.2) is 9.67 Å². The number of rotatable bonds is 4. The van der Waals surface area contributed by atoms with Crippen LogP contribution in [0.25, 0.3) is 15.9 Å². The zero-order valence-corrected chi connectivity index (χ0v) is 17.6. The summed E-state index contributed by atoms with van der Waals surface area (Å²) in [6, 6.07) is 9.47. The lowest BCUT2D eigenvalue weighted by Crippen LogP contribution is -2.22. The minimum absolute atomic E-state index is 0.0887. The number of imidazole rings is 1. The van der Waals surface area contributed by atoms with Crippen molar-refractivity contribution in [3.05, 3.63) is 63.6 Å². The van der Waals surface area contributed by atoms with E-state index in [4.69, 9.17) is 11.6 Å². The van der Waals surface area contributed by atoms with Crippen molar-refractivity contribution < 1.29 is 4.79 Å². The van der Waals surface area contributed by atoms with E-state index in [1.54, 1.807) is 0 Å². The first kappa shape index (κ1) is 18.4. The number of hydrogen-bond acceptors (Lipinski definition) is 4. The predicted octanol–water partition coefficient (Wildman–Crippen LogP) is 4.51. The smallest absolute Gasteiger partial charge is 0.261 e. The van der Waals surface area contributed by atoms with Crippen molar-refractivity contribution >= 4 is 39.1 Å². The van der Waals surface area contributed by atoms with Gasteiger partial charge in [0.15, 0.2) is 0 Å². The quantitative estimate of drug-likeness (QED) is 0.523. The first-order valence-corrected chi connectivity index (χ1v) is 10.9. The van der Waals surface area contributed by atoms with E-state index in [0.717, 1.165) is 46.1 Å². The fourth-order valence-electron chi connectivity index (χ4n) is 3.76. The minimum atomic E-state index is -0.0887. The number of aromatic nitrogens is 4. The molecule has 0 saturated carbocycles. The van der Waals surface area contributed by atoms with Crippen LogP contribution in [0.15, 0.2) is 36.5 Å². The zero-order chi connectivity index (χ0) is 20.0. The lowest BCUT2D eigenvalue weighted by molar-refractivity contribution is 0.0954. The number of halogens is 1. The van der Waals surface area contributed by atoms with Crippen LogP contribution in [0, 0.1) is 6.92 Å². The Kier molecular flexibility index (Phi) is 4.64. The standard InChI is InChI=1S/C21H20ClN5OS/c1-13-17-10-18(29-21(17)27(25-13)16-6-4-5-14(22)9-16)20(28)23-11-15-12-26-8-3-2-7-19(26)24-15/h4-6,9-10,12H,2-3,7-8,11H2,1H3,(H,23,28). The van der Waals surface area contributed by atoms with Gasteiger partial charge in [-0.05, 0) is 44.0 Å². The fourth-order valence-corrected chi connectivity index (χ4v) is 5.04. The van der Waals surface area contributed by atoms with Crippen LogP contribution in [-0.4, -0.2) is 25.2 Å². The van der Waals surface area contributed by atoms with Gasteiger partial charge in [0, 0.05) is 29.6 Å². The summed E-state index contributed by atoms with van der Waals surface area (Å²) >= 11 is 7.57. The molecule has 1 aromatic carbocycles. The van der Waals surface area contributed by atoms with Crippen molar-refractivity contribution in [1.82, 2.24) is 24.6 Å². The van der Waals surface area contributed by atoms with Crippen LogP contribution in [0.3, 0.4) is 0 Å². The van der Waals surface area contributed by atoms with Crippen LogP contribution in [0.5, 0.6) is 0 Å². The average molecular weight is 426 g/mol. The van der Waals surface area contributed by atoms with E-state index in [-0.39, 0.29) is 5.91 Å². The van der Waals surface area contributed by atoms with Crippen LogP contribution in [0.1, 0.15) is 39.7 Å². The maximum Gasteiger partial charge on any atom is 0.261 e. The number of nitrogens with zero attached hydrogens (tertiary/aromatic N) is 4. The molecule has 148 valence electrons. The summed E-state index contributed by atoms with van der Waals surface area (Å²) in [4.78, 5) is 19.0. The van der Waals surface area contributed by atoms with Gasteiger partial charge in [0.1, 0.15) is 10.7 Å². The molecule has 1 aliphatic rings. The molecule has 0 atom stereocenters. The number of benzene rings is 1. The molecule has 1 amide bonds. The van der Waals surface area contributed by atoms with E-state index in [0.29, 0.717) is 16.4 Å². The number of carbonyl (C=O) groups is 1. The fraction of sp³-hybridized carbons (Fsp3) is 0.286. The summed E-state index contributed by atoms with van der Waals surface area (Å²) in [6.45, 7) is 3.41. The molecule has 1 aliphatic heterocycles. The minimum Gasteiger partial charge on any atom is -0.346 e. The van der Waals surface area contributed by atoms with Gasteiger partial charge in [-0.2, -0.15) is 5.10 Å². The number of amides is 1. The number of carbonyl (C=O) groups excluding carboxylic acids is 1. The maximum atomic E-state index is 12.8. The Labute approximate surface area is 177 Å². The number of thiophene rings is 1. The van der Waals surface area contributed by atoms with Gasteiger partial charge in [-0.1, -0.05) is 17.7 Å². The third-order valence-corrected chi connectivity index (χ3v) is 6.55. The molecular formula is C21H20ClN5OS. The Morgan fingerprint density at radius 2 is 2.21 bits per heavy atom. The van der Waals surface area contributed by atoms with Crippen molar-refractivity contribution in [2.75, 3.05) is 0 Å². The number of nitrogens with one attached hydrogen (secondary N) is 1. The van der Waals surface area contributed by atoms with Crippen molar-refractivity contribution in [3.63, 3.8) is 0 Å². The molecule has 0 bridgehead atoms. The third-order valence-electron chi connectivity index (χ3n) is 5.21. The van der Waals surface area contributed by atoms with Gasteiger partial charge in [-0.3, -0.25) is 4.79 Å². The van der Waals surface area contributed by atoms with Gasteiger partial charge in [-0.15, -0.1) is 11.3 Å². The second-order valence-corrected chi connectivity index (χ2v) is 8.76. The Morgan fingerprint density at radius 1 is 1.31 bits per heavy atom. The van der Waals surface area contributed by atoms with E-state index in [2.05, 4.69) is 26.2 Å². The van der Waals surface area contributed by atoms with Crippen LogP contribution in [0.2, 0.25) is 5.02 Å². The largest absolute Gasteiger partial charge is 0.346 e. The van der Waals surface area contributed by atoms with Crippen molar-refractivity contribution in [3.8, 4) is 5.69 Å².